The molecule has 8 heteroatoms. The predicted octanol–water partition coefficient (Wildman–Crippen LogP) is 4.68. The van der Waals surface area contributed by atoms with Crippen molar-refractivity contribution in [1.82, 2.24) is 10.6 Å². The first-order valence-electron chi connectivity index (χ1n) is 13.4. The highest BCUT2D eigenvalue weighted by molar-refractivity contribution is 5.98. The van der Waals surface area contributed by atoms with E-state index in [-0.39, 0.29) is 29.9 Å². The molecule has 0 saturated carbocycles. The highest BCUT2D eigenvalue weighted by atomic mass is 16.5. The summed E-state index contributed by atoms with van der Waals surface area (Å²) in [5, 5.41) is 5.75. The van der Waals surface area contributed by atoms with Gasteiger partial charge in [0.15, 0.2) is 5.96 Å². The third-order valence-electron chi connectivity index (χ3n) is 6.70. The Morgan fingerprint density at radius 1 is 1.21 bits per heavy atom. The lowest BCUT2D eigenvalue weighted by Gasteiger charge is -2.38. The molecule has 0 bridgehead atoms. The number of nitrogens with two attached hydrogens (primary N) is 1. The molecule has 3 aliphatic rings. The van der Waals surface area contributed by atoms with E-state index in [1.54, 1.807) is 0 Å². The van der Waals surface area contributed by atoms with E-state index in [9.17, 15) is 9.59 Å². The van der Waals surface area contributed by atoms with Crippen molar-refractivity contribution >= 4 is 23.8 Å². The summed E-state index contributed by atoms with van der Waals surface area (Å²) in [6.07, 6.45) is 7.46. The van der Waals surface area contributed by atoms with Gasteiger partial charge in [-0.25, -0.2) is 4.99 Å². The van der Waals surface area contributed by atoms with Crippen LogP contribution in [0, 0.1) is 0 Å². The van der Waals surface area contributed by atoms with Gasteiger partial charge in [-0.3, -0.25) is 14.9 Å². The van der Waals surface area contributed by atoms with Gasteiger partial charge in [0.1, 0.15) is 17.1 Å². The summed E-state index contributed by atoms with van der Waals surface area (Å²) < 4.78 is 11.9. The number of hydrogen-bond acceptors (Lipinski definition) is 6. The van der Waals surface area contributed by atoms with E-state index in [1.807, 2.05) is 70.2 Å². The first kappa shape index (κ1) is 27.2. The zero-order chi connectivity index (χ0) is 27.3. The fourth-order valence-electron chi connectivity index (χ4n) is 5.03. The summed E-state index contributed by atoms with van der Waals surface area (Å²) in [4.78, 5) is 29.2. The summed E-state index contributed by atoms with van der Waals surface area (Å²) in [7, 11) is 0. The molecular weight excluding hydrogens is 480 g/mol. The number of aliphatic imine (C=N–C) groups is 1. The number of ether oxygens (including phenoxy) is 2. The number of benzene rings is 2. The van der Waals surface area contributed by atoms with E-state index < -0.39 is 5.60 Å². The first-order chi connectivity index (χ1) is 18.3. The molecule has 8 nitrogen and oxygen atoms in total. The molecule has 3 heterocycles. The van der Waals surface area contributed by atoms with Crippen molar-refractivity contribution in [3.05, 3.63) is 64.7 Å². The summed E-state index contributed by atoms with van der Waals surface area (Å²) in [6, 6.07) is 11.3. The second kappa shape index (κ2) is 11.7. The van der Waals surface area contributed by atoms with Crippen LogP contribution in [0.1, 0.15) is 86.5 Å². The number of carbonyl (C=O) groups excluding carboxylic acids is 2. The van der Waals surface area contributed by atoms with E-state index in [0.29, 0.717) is 24.8 Å². The molecule has 2 unspecified atom stereocenters. The smallest absolute Gasteiger partial charge is 0.251 e. The van der Waals surface area contributed by atoms with E-state index in [1.165, 1.54) is 0 Å². The van der Waals surface area contributed by atoms with Crippen molar-refractivity contribution in [2.75, 3.05) is 6.61 Å². The van der Waals surface area contributed by atoms with Gasteiger partial charge in [0.25, 0.3) is 5.91 Å². The molecule has 4 N–H and O–H groups in total. The second-order valence-electron chi connectivity index (χ2n) is 10.2. The Labute approximate surface area is 224 Å². The summed E-state index contributed by atoms with van der Waals surface area (Å²) in [5.74, 6) is 1.59. The molecule has 0 spiro atoms. The minimum absolute atomic E-state index is 0.107. The Hall–Kier alpha value is -3.81. The van der Waals surface area contributed by atoms with Gasteiger partial charge in [-0.2, -0.15) is 0 Å². The van der Waals surface area contributed by atoms with Gasteiger partial charge in [0, 0.05) is 24.0 Å². The average molecular weight is 519 g/mol. The summed E-state index contributed by atoms with van der Waals surface area (Å²) >= 11 is 0. The maximum atomic E-state index is 13.2. The first-order valence-corrected chi connectivity index (χ1v) is 13.4. The van der Waals surface area contributed by atoms with Crippen molar-refractivity contribution in [2.24, 2.45) is 10.7 Å². The van der Waals surface area contributed by atoms with Crippen molar-refractivity contribution < 1.29 is 19.1 Å². The maximum Gasteiger partial charge on any atom is 0.251 e. The second-order valence-corrected chi connectivity index (χ2v) is 10.2. The Morgan fingerprint density at radius 3 is 2.79 bits per heavy atom. The highest BCUT2D eigenvalue weighted by Gasteiger charge is 2.35. The highest BCUT2D eigenvalue weighted by Crippen LogP contribution is 2.40. The zero-order valence-corrected chi connectivity index (χ0v) is 22.7. The molecule has 0 aliphatic carbocycles. The number of hydrogen-bond donors (Lipinski definition) is 3. The van der Waals surface area contributed by atoms with Gasteiger partial charge in [0.05, 0.1) is 18.7 Å². The third-order valence-corrected chi connectivity index (χ3v) is 6.70. The molecule has 202 valence electrons. The van der Waals surface area contributed by atoms with Crippen LogP contribution < -0.4 is 25.8 Å². The lowest BCUT2D eigenvalue weighted by molar-refractivity contribution is -0.120. The van der Waals surface area contributed by atoms with Gasteiger partial charge in [-0.05, 0) is 74.6 Å². The molecule has 0 aromatic heterocycles. The Morgan fingerprint density at radius 2 is 2.00 bits per heavy atom. The van der Waals surface area contributed by atoms with Crippen LogP contribution in [0.25, 0.3) is 6.08 Å². The number of aryl methyl sites for hydroxylation is 1. The minimum atomic E-state index is -0.411. The van der Waals surface area contributed by atoms with Crippen molar-refractivity contribution in [1.29, 1.82) is 0 Å². The molecular formula is C30H38N4O4. The quantitative estimate of drug-likeness (QED) is 0.532. The van der Waals surface area contributed by atoms with Crippen LogP contribution in [0.4, 0.5) is 0 Å². The van der Waals surface area contributed by atoms with Crippen molar-refractivity contribution in [2.45, 2.75) is 77.5 Å². The van der Waals surface area contributed by atoms with E-state index >= 15 is 0 Å². The fraction of sp³-hybridized carbons (Fsp3) is 0.433. The van der Waals surface area contributed by atoms with Crippen LogP contribution in [0.2, 0.25) is 0 Å². The summed E-state index contributed by atoms with van der Waals surface area (Å²) in [5.41, 5.74) is 8.91. The van der Waals surface area contributed by atoms with Crippen LogP contribution in [0.5, 0.6) is 11.5 Å². The zero-order valence-electron chi connectivity index (χ0n) is 22.7. The number of rotatable bonds is 5. The van der Waals surface area contributed by atoms with Gasteiger partial charge in [0.2, 0.25) is 5.91 Å². The molecule has 0 radical (unpaired) electrons. The van der Waals surface area contributed by atoms with Crippen LogP contribution in [0.3, 0.4) is 0 Å². The predicted molar refractivity (Wildman–Crippen MR) is 149 cm³/mol. The van der Waals surface area contributed by atoms with E-state index in [4.69, 9.17) is 15.2 Å². The molecule has 38 heavy (non-hydrogen) atoms. The fourth-order valence-corrected chi connectivity index (χ4v) is 5.03. The standard InChI is InChI=1S/C28H32N4O4.C2H6/c1-28(2)16-22(31-26(34)19-9-11-23-18(14-19)6-4-12-35-23)21-13-17(8-10-24(21)36-28)5-3-7-20-15-25(33)32-27(29)30-20;1-2/h3,5,8-11,13-14,20,22H,4,6-7,12,15-16H2,1-2H3,(H,31,34)(H3,29,30,32,33);1-2H3/b5-3+;. The number of nitrogens with zero attached hydrogens (tertiary/aromatic N) is 1. The van der Waals surface area contributed by atoms with E-state index in [2.05, 4.69) is 21.7 Å². The number of fused-ring (bicyclic) bond motifs is 2. The molecule has 2 amide bonds. The summed E-state index contributed by atoms with van der Waals surface area (Å²) in [6.45, 7) is 8.79. The molecule has 2 aromatic rings. The van der Waals surface area contributed by atoms with Crippen molar-refractivity contribution in [3.8, 4) is 11.5 Å². The minimum Gasteiger partial charge on any atom is -0.493 e. The van der Waals surface area contributed by atoms with Crippen molar-refractivity contribution in [3.63, 3.8) is 0 Å². The van der Waals surface area contributed by atoms with Gasteiger partial charge in [-0.15, -0.1) is 0 Å². The van der Waals surface area contributed by atoms with Crippen LogP contribution in [-0.2, 0) is 11.2 Å². The molecule has 2 atom stereocenters. The third kappa shape index (κ3) is 6.54. The Balaban J connectivity index is 0.00000164. The number of carbonyl (C=O) groups is 2. The lowest BCUT2D eigenvalue weighted by Crippen LogP contribution is -2.43. The van der Waals surface area contributed by atoms with E-state index in [0.717, 1.165) is 47.6 Å². The monoisotopic (exact) mass is 518 g/mol. The Bertz CT molecular complexity index is 1250. The molecule has 2 aromatic carbocycles. The molecule has 5 rings (SSSR count). The molecule has 0 saturated heterocycles. The van der Waals surface area contributed by atoms with Gasteiger partial charge < -0.3 is 20.5 Å². The normalized spacial score (nSPS) is 21.4. The number of nitrogens with one attached hydrogen (secondary N) is 2. The number of guanidine groups is 1. The van der Waals surface area contributed by atoms with Crippen LogP contribution in [0.15, 0.2) is 47.5 Å². The Kier molecular flexibility index (Phi) is 8.39. The average Bonchev–Trinajstić information content (AvgIpc) is 2.89. The topological polar surface area (TPSA) is 115 Å². The molecule has 3 aliphatic heterocycles. The number of amides is 2. The molecule has 0 fully saturated rings. The van der Waals surface area contributed by atoms with Crippen LogP contribution >= 0.6 is 0 Å². The van der Waals surface area contributed by atoms with Gasteiger partial charge >= 0.3 is 0 Å². The largest absolute Gasteiger partial charge is 0.493 e. The maximum absolute atomic E-state index is 13.2. The van der Waals surface area contributed by atoms with Crippen LogP contribution in [-0.4, -0.2) is 36.0 Å². The van der Waals surface area contributed by atoms with Gasteiger partial charge in [-0.1, -0.05) is 32.1 Å². The lowest BCUT2D eigenvalue weighted by atomic mass is 9.88. The SMILES string of the molecule is CC.CC1(C)CC(NC(=O)c2ccc3c(c2)CCCO3)c2cc(/C=C/CC3CC(=O)NC(N)=N3)ccc2O1.